The second-order valence-corrected chi connectivity index (χ2v) is 5.05. The summed E-state index contributed by atoms with van der Waals surface area (Å²) in [6, 6.07) is 8.49. The van der Waals surface area contributed by atoms with Crippen LogP contribution in [0.15, 0.2) is 24.3 Å². The molecule has 1 aromatic carbocycles. The van der Waals surface area contributed by atoms with Gasteiger partial charge in [0, 0.05) is 18.8 Å². The molecule has 0 spiro atoms. The zero-order chi connectivity index (χ0) is 14.1. The highest BCUT2D eigenvalue weighted by Crippen LogP contribution is 2.18. The van der Waals surface area contributed by atoms with Gasteiger partial charge in [-0.15, -0.1) is 0 Å². The van der Waals surface area contributed by atoms with Gasteiger partial charge in [-0.3, -0.25) is 4.79 Å². The summed E-state index contributed by atoms with van der Waals surface area (Å²) in [5, 5.41) is 6.19. The number of anilines is 1. The van der Waals surface area contributed by atoms with Gasteiger partial charge in [0.1, 0.15) is 0 Å². The maximum atomic E-state index is 11.5. The summed E-state index contributed by atoms with van der Waals surface area (Å²) in [5.41, 5.74) is 2.14. The molecular weight excluding hydrogens is 236 g/mol. The first kappa shape index (κ1) is 15.5. The first-order valence-electron chi connectivity index (χ1n) is 7.22. The third-order valence-electron chi connectivity index (χ3n) is 3.29. The Labute approximate surface area is 116 Å². The van der Waals surface area contributed by atoms with E-state index in [4.69, 9.17) is 0 Å². The molecule has 3 heteroatoms. The van der Waals surface area contributed by atoms with Gasteiger partial charge in [-0.05, 0) is 25.0 Å². The lowest BCUT2D eigenvalue weighted by Gasteiger charge is -2.18. The molecule has 0 saturated carbocycles. The van der Waals surface area contributed by atoms with E-state index in [1.54, 1.807) is 7.05 Å². The smallest absolute Gasteiger partial charge is 0.224 e. The van der Waals surface area contributed by atoms with Crippen molar-refractivity contribution in [1.82, 2.24) is 5.32 Å². The zero-order valence-electron chi connectivity index (χ0n) is 12.3. The van der Waals surface area contributed by atoms with Crippen LogP contribution in [0.25, 0.3) is 0 Å². The number of unbranched alkanes of at least 4 members (excludes halogenated alkanes) is 2. The van der Waals surface area contributed by atoms with Crippen molar-refractivity contribution in [3.8, 4) is 0 Å². The quantitative estimate of drug-likeness (QED) is 0.705. The number of hydrogen-bond acceptors (Lipinski definition) is 2. The molecule has 2 N–H and O–H groups in total. The maximum Gasteiger partial charge on any atom is 0.224 e. The summed E-state index contributed by atoms with van der Waals surface area (Å²) in [4.78, 5) is 11.5. The van der Waals surface area contributed by atoms with E-state index >= 15 is 0 Å². The first-order chi connectivity index (χ1) is 9.17. The molecule has 0 aromatic heterocycles. The van der Waals surface area contributed by atoms with Crippen LogP contribution in [0.1, 0.15) is 45.1 Å². The molecule has 0 fully saturated rings. The highest BCUT2D eigenvalue weighted by molar-refractivity contribution is 5.80. The number of carbonyl (C=O) groups is 1. The average molecular weight is 262 g/mol. The topological polar surface area (TPSA) is 41.1 Å². The van der Waals surface area contributed by atoms with Gasteiger partial charge in [-0.2, -0.15) is 0 Å². The number of nitrogens with one attached hydrogen (secondary N) is 2. The molecular formula is C16H26N2O. The van der Waals surface area contributed by atoms with Crippen molar-refractivity contribution < 1.29 is 4.79 Å². The summed E-state index contributed by atoms with van der Waals surface area (Å²) in [5.74, 6) is 0.0490. The fourth-order valence-corrected chi connectivity index (χ4v) is 2.11. The lowest BCUT2D eigenvalue weighted by molar-refractivity contribution is -0.119. The normalized spacial score (nSPS) is 11.9. The molecule has 1 atom stereocenters. The molecule has 1 aromatic rings. The minimum absolute atomic E-state index is 0.0490. The van der Waals surface area contributed by atoms with Gasteiger partial charge >= 0.3 is 0 Å². The second kappa shape index (κ2) is 8.57. The Kier molecular flexibility index (Phi) is 7.01. The predicted molar refractivity (Wildman–Crippen MR) is 81.4 cm³/mol. The Morgan fingerprint density at radius 1 is 1.26 bits per heavy atom. The van der Waals surface area contributed by atoms with Crippen LogP contribution in [0.4, 0.5) is 5.69 Å². The van der Waals surface area contributed by atoms with Crippen molar-refractivity contribution >= 4 is 11.6 Å². The minimum atomic E-state index is 0.0490. The van der Waals surface area contributed by atoms with Crippen LogP contribution in [0.3, 0.4) is 0 Å². The number of amides is 1. The van der Waals surface area contributed by atoms with Crippen LogP contribution in [-0.2, 0) is 11.2 Å². The Morgan fingerprint density at radius 3 is 2.68 bits per heavy atom. The summed E-state index contributed by atoms with van der Waals surface area (Å²) < 4.78 is 0. The minimum Gasteiger partial charge on any atom is -0.382 e. The molecule has 1 amide bonds. The molecule has 19 heavy (non-hydrogen) atoms. The molecule has 0 radical (unpaired) electrons. The van der Waals surface area contributed by atoms with Crippen molar-refractivity contribution in [3.63, 3.8) is 0 Å². The van der Waals surface area contributed by atoms with Crippen LogP contribution in [0, 0.1) is 0 Å². The predicted octanol–water partition coefficient (Wildman–Crippen LogP) is 3.36. The molecule has 0 heterocycles. The van der Waals surface area contributed by atoms with Crippen molar-refractivity contribution in [3.05, 3.63) is 29.8 Å². The molecule has 106 valence electrons. The standard InChI is InChI=1S/C16H26N2O/c1-4-5-6-9-13(2)18-15-11-8-7-10-14(15)12-16(19)17-3/h7-8,10-11,13,18H,4-6,9,12H2,1-3H3,(H,17,19). The van der Waals surface area contributed by atoms with Gasteiger partial charge in [0.25, 0.3) is 0 Å². The van der Waals surface area contributed by atoms with Crippen LogP contribution in [0.5, 0.6) is 0 Å². The molecule has 0 bridgehead atoms. The monoisotopic (exact) mass is 262 g/mol. The number of benzene rings is 1. The number of rotatable bonds is 8. The van der Waals surface area contributed by atoms with E-state index < -0.39 is 0 Å². The van der Waals surface area contributed by atoms with Gasteiger partial charge in [0.05, 0.1) is 6.42 Å². The van der Waals surface area contributed by atoms with Gasteiger partial charge in [0.2, 0.25) is 5.91 Å². The third-order valence-corrected chi connectivity index (χ3v) is 3.29. The van der Waals surface area contributed by atoms with E-state index in [-0.39, 0.29) is 5.91 Å². The second-order valence-electron chi connectivity index (χ2n) is 5.05. The van der Waals surface area contributed by atoms with Gasteiger partial charge in [0.15, 0.2) is 0 Å². The largest absolute Gasteiger partial charge is 0.382 e. The highest BCUT2D eigenvalue weighted by atomic mass is 16.1. The summed E-state index contributed by atoms with van der Waals surface area (Å²) in [7, 11) is 1.67. The highest BCUT2D eigenvalue weighted by Gasteiger charge is 2.08. The number of para-hydroxylation sites is 1. The van der Waals surface area contributed by atoms with E-state index in [2.05, 4.69) is 30.5 Å². The van der Waals surface area contributed by atoms with E-state index in [0.717, 1.165) is 11.3 Å². The Bertz CT molecular complexity index is 390. The maximum absolute atomic E-state index is 11.5. The van der Waals surface area contributed by atoms with E-state index in [0.29, 0.717) is 12.5 Å². The third kappa shape index (κ3) is 5.77. The molecule has 3 nitrogen and oxygen atoms in total. The Morgan fingerprint density at radius 2 is 2.00 bits per heavy atom. The molecule has 0 aliphatic heterocycles. The zero-order valence-corrected chi connectivity index (χ0v) is 12.3. The van der Waals surface area contributed by atoms with Crippen LogP contribution >= 0.6 is 0 Å². The number of likely N-dealkylation sites (N-methyl/N-ethyl adjacent to an activating group) is 1. The Hall–Kier alpha value is -1.51. The molecule has 0 aliphatic rings. The molecule has 0 saturated heterocycles. The fourth-order valence-electron chi connectivity index (χ4n) is 2.11. The number of carbonyl (C=O) groups excluding carboxylic acids is 1. The van der Waals surface area contributed by atoms with Crippen molar-refractivity contribution in [1.29, 1.82) is 0 Å². The summed E-state index contributed by atoms with van der Waals surface area (Å²) >= 11 is 0. The average Bonchev–Trinajstić information content (AvgIpc) is 2.41. The van der Waals surface area contributed by atoms with Crippen LogP contribution in [-0.4, -0.2) is 19.0 Å². The van der Waals surface area contributed by atoms with Gasteiger partial charge < -0.3 is 10.6 Å². The van der Waals surface area contributed by atoms with E-state index in [9.17, 15) is 4.79 Å². The van der Waals surface area contributed by atoms with Gasteiger partial charge in [-0.1, -0.05) is 44.4 Å². The lowest BCUT2D eigenvalue weighted by atomic mass is 10.1. The van der Waals surface area contributed by atoms with E-state index in [1.165, 1.54) is 25.7 Å². The summed E-state index contributed by atoms with van der Waals surface area (Å²) in [6.45, 7) is 4.42. The molecule has 1 unspecified atom stereocenters. The van der Waals surface area contributed by atoms with Crippen LogP contribution in [0.2, 0.25) is 0 Å². The molecule has 0 aliphatic carbocycles. The SMILES string of the molecule is CCCCCC(C)Nc1ccccc1CC(=O)NC. The fraction of sp³-hybridized carbons (Fsp3) is 0.562. The van der Waals surface area contributed by atoms with Crippen molar-refractivity contribution in [2.24, 2.45) is 0 Å². The summed E-state index contributed by atoms with van der Waals surface area (Å²) in [6.07, 6.45) is 5.39. The Balaban J connectivity index is 2.59. The van der Waals surface area contributed by atoms with E-state index in [1.807, 2.05) is 18.2 Å². The first-order valence-corrected chi connectivity index (χ1v) is 7.22. The van der Waals surface area contributed by atoms with Crippen molar-refractivity contribution in [2.75, 3.05) is 12.4 Å². The number of hydrogen-bond donors (Lipinski definition) is 2. The molecule has 1 rings (SSSR count). The van der Waals surface area contributed by atoms with Gasteiger partial charge in [-0.25, -0.2) is 0 Å². The lowest BCUT2D eigenvalue weighted by Crippen LogP contribution is -2.22. The van der Waals surface area contributed by atoms with Crippen LogP contribution < -0.4 is 10.6 Å². The van der Waals surface area contributed by atoms with Crippen molar-refractivity contribution in [2.45, 2.75) is 52.0 Å².